The third-order valence-corrected chi connectivity index (χ3v) is 17.8. The highest BCUT2D eigenvalue weighted by molar-refractivity contribution is 5.70. The maximum absolute atomic E-state index is 13.0. The molecule has 0 aliphatic rings. The molecule has 0 amide bonds. The number of aliphatic carboxylic acids is 1. The third kappa shape index (κ3) is 74.3. The molecule has 2 atom stereocenters. The maximum Gasteiger partial charge on any atom is 0.306 e. The van der Waals surface area contributed by atoms with Crippen molar-refractivity contribution in [1.82, 2.24) is 0 Å². The molecule has 91 heavy (non-hydrogen) atoms. The number of nitrogens with zero attached hydrogens (tertiary/aromatic N) is 1. The average molecular weight is 1280 g/mol. The summed E-state index contributed by atoms with van der Waals surface area (Å²) in [6, 6.07) is 0. The quantitative estimate of drug-likeness (QED) is 0.0195. The normalized spacial score (nSPS) is 12.9. The lowest BCUT2D eigenvalue weighted by Crippen LogP contribution is -2.44. The van der Waals surface area contributed by atoms with Crippen molar-refractivity contribution in [1.29, 1.82) is 0 Å². The van der Waals surface area contributed by atoms with E-state index in [2.05, 4.69) is 74.6 Å². The van der Waals surface area contributed by atoms with E-state index in [4.69, 9.17) is 18.9 Å². The number of quaternary nitrogens is 1. The topological polar surface area (TPSA) is 111 Å². The Bertz CT molecular complexity index is 1680. The maximum atomic E-state index is 13.0. The summed E-state index contributed by atoms with van der Waals surface area (Å²) in [5.41, 5.74) is 0. The number of hydrogen-bond acceptors (Lipinski definition) is 8. The lowest BCUT2D eigenvalue weighted by atomic mass is 10.0. The SMILES string of the molecule is CC/C=C\C/C=C\C/C=C\C/C=C\C/C=C\CCCCCCCCCCCCCC(=O)OC(COC(=O)CCCCCCCCCCCCCCCCCCCCCCCCCCCCCCCCCCCCCCCCC)COC(OCC[N+](C)(C)C)C(=O)[O-]. The molecule has 0 rings (SSSR count). The first kappa shape index (κ1) is 88.0. The minimum Gasteiger partial charge on any atom is -0.545 e. The number of rotatable bonds is 74. The summed E-state index contributed by atoms with van der Waals surface area (Å²) in [6.07, 6.45) is 93.5. The van der Waals surface area contributed by atoms with E-state index in [1.54, 1.807) is 0 Å². The average Bonchev–Trinajstić information content (AvgIpc) is 3.46. The molecule has 2 unspecified atom stereocenters. The number of allylic oxidation sites excluding steroid dienone is 10. The van der Waals surface area contributed by atoms with Gasteiger partial charge in [0.15, 0.2) is 12.4 Å². The van der Waals surface area contributed by atoms with Gasteiger partial charge in [-0.1, -0.05) is 376 Å². The molecule has 0 heterocycles. The molecule has 0 aromatic rings. The highest BCUT2D eigenvalue weighted by Gasteiger charge is 2.22. The number of carbonyl (C=O) groups excluding carboxylic acids is 3. The van der Waals surface area contributed by atoms with Gasteiger partial charge >= 0.3 is 11.9 Å². The van der Waals surface area contributed by atoms with Gasteiger partial charge in [-0.15, -0.1) is 0 Å². The number of carboxylic acids is 1. The van der Waals surface area contributed by atoms with Crippen molar-refractivity contribution in [2.75, 3.05) is 47.5 Å². The van der Waals surface area contributed by atoms with Gasteiger partial charge in [0.2, 0.25) is 0 Å². The van der Waals surface area contributed by atoms with E-state index in [9.17, 15) is 19.5 Å². The zero-order valence-electron chi connectivity index (χ0n) is 61.0. The Hall–Kier alpha value is -3.01. The smallest absolute Gasteiger partial charge is 0.306 e. The molecule has 0 aliphatic heterocycles. The van der Waals surface area contributed by atoms with Gasteiger partial charge in [-0.2, -0.15) is 0 Å². The summed E-state index contributed by atoms with van der Waals surface area (Å²) in [5, 5.41) is 11.8. The van der Waals surface area contributed by atoms with Crippen molar-refractivity contribution < 1.29 is 42.9 Å². The molecule has 532 valence electrons. The second kappa shape index (κ2) is 72.8. The Morgan fingerprint density at radius 1 is 0.341 bits per heavy atom. The fourth-order valence-electron chi connectivity index (χ4n) is 11.8. The van der Waals surface area contributed by atoms with Gasteiger partial charge in [-0.25, -0.2) is 0 Å². The molecule has 0 aliphatic carbocycles. The van der Waals surface area contributed by atoms with Gasteiger partial charge in [0, 0.05) is 12.8 Å². The van der Waals surface area contributed by atoms with Gasteiger partial charge in [-0.3, -0.25) is 9.59 Å². The minimum atomic E-state index is -1.62. The molecule has 0 N–H and O–H groups in total. The first-order valence-electron chi connectivity index (χ1n) is 39.4. The van der Waals surface area contributed by atoms with Crippen molar-refractivity contribution in [3.05, 3.63) is 60.8 Å². The zero-order valence-corrected chi connectivity index (χ0v) is 61.0. The Balaban J connectivity index is 3.96. The molecule has 0 saturated carbocycles. The number of carboxylic acid groups (broad SMARTS) is 1. The minimum absolute atomic E-state index is 0.147. The first-order valence-corrected chi connectivity index (χ1v) is 39.4. The van der Waals surface area contributed by atoms with Crippen LogP contribution >= 0.6 is 0 Å². The standard InChI is InChI=1S/C82H151NO8/c1-6-8-10-12-14-16-18-20-22-24-26-28-30-32-34-35-36-37-38-39-40-41-42-43-44-45-47-48-50-52-54-56-58-60-62-64-66-68-70-72-79(84)89-76-78(77-90-82(81(86)87)88-75-74-83(3,4)5)91-80(85)73-71-69-67-65-63-61-59-57-55-53-51-49-46-33-31-29-27-25-23-21-19-17-15-13-11-9-7-2/h9,11,15,17,21,23,27,29,33,46,78,82H,6-8,10,12-14,16,18-20,22,24-26,28,30-32,34-45,47-77H2,1-5H3/b11-9-,17-15-,23-21-,29-27-,46-33-. The number of unbranched alkanes of at least 4 members (excludes halogenated alkanes) is 49. The van der Waals surface area contributed by atoms with Crippen LogP contribution < -0.4 is 5.11 Å². The highest BCUT2D eigenvalue weighted by atomic mass is 16.7. The van der Waals surface area contributed by atoms with Crippen molar-refractivity contribution >= 4 is 17.9 Å². The van der Waals surface area contributed by atoms with Crippen LogP contribution in [0, 0.1) is 0 Å². The first-order chi connectivity index (χ1) is 44.6. The van der Waals surface area contributed by atoms with E-state index in [-0.39, 0.29) is 32.2 Å². The number of hydrogen-bond donors (Lipinski definition) is 0. The summed E-state index contributed by atoms with van der Waals surface area (Å²) in [7, 11) is 5.94. The lowest BCUT2D eigenvalue weighted by Gasteiger charge is -2.26. The largest absolute Gasteiger partial charge is 0.545 e. The molecule has 0 radical (unpaired) electrons. The van der Waals surface area contributed by atoms with Crippen LogP contribution in [0.4, 0.5) is 0 Å². The van der Waals surface area contributed by atoms with Crippen LogP contribution in [0.5, 0.6) is 0 Å². The van der Waals surface area contributed by atoms with Crippen molar-refractivity contribution in [3.8, 4) is 0 Å². The molecule has 0 aromatic heterocycles. The van der Waals surface area contributed by atoms with E-state index in [1.807, 2.05) is 21.1 Å². The molecular formula is C82H151NO8. The third-order valence-electron chi connectivity index (χ3n) is 17.8. The lowest BCUT2D eigenvalue weighted by molar-refractivity contribution is -0.870. The Labute approximate surface area is 565 Å². The summed E-state index contributed by atoms with van der Waals surface area (Å²) >= 11 is 0. The van der Waals surface area contributed by atoms with Gasteiger partial charge in [0.25, 0.3) is 0 Å². The highest BCUT2D eigenvalue weighted by Crippen LogP contribution is 2.20. The second-order valence-electron chi connectivity index (χ2n) is 28.0. The summed E-state index contributed by atoms with van der Waals surface area (Å²) < 4.78 is 22.9. The van der Waals surface area contributed by atoms with Crippen LogP contribution in [0.25, 0.3) is 0 Å². The Morgan fingerprint density at radius 3 is 0.934 bits per heavy atom. The van der Waals surface area contributed by atoms with Crippen molar-refractivity contribution in [3.63, 3.8) is 0 Å². The second-order valence-corrected chi connectivity index (χ2v) is 28.0. The molecule has 0 bridgehead atoms. The fourth-order valence-corrected chi connectivity index (χ4v) is 11.8. The van der Waals surface area contributed by atoms with Gasteiger partial charge in [0.05, 0.1) is 40.3 Å². The van der Waals surface area contributed by atoms with E-state index in [0.29, 0.717) is 23.9 Å². The zero-order chi connectivity index (χ0) is 66.1. The summed E-state index contributed by atoms with van der Waals surface area (Å²) in [6.45, 7) is 4.69. The molecule has 9 heteroatoms. The van der Waals surface area contributed by atoms with E-state index in [0.717, 1.165) is 77.0 Å². The van der Waals surface area contributed by atoms with Gasteiger partial charge in [0.1, 0.15) is 13.2 Å². The van der Waals surface area contributed by atoms with Crippen molar-refractivity contribution in [2.45, 2.75) is 399 Å². The number of esters is 2. The predicted molar refractivity (Wildman–Crippen MR) is 389 cm³/mol. The monoisotopic (exact) mass is 1280 g/mol. The Morgan fingerprint density at radius 2 is 0.626 bits per heavy atom. The molecule has 0 saturated heterocycles. The summed E-state index contributed by atoms with van der Waals surface area (Å²) in [4.78, 5) is 37.6. The summed E-state index contributed by atoms with van der Waals surface area (Å²) in [5.74, 6) is -2.27. The molecule has 0 fully saturated rings. The van der Waals surface area contributed by atoms with Gasteiger partial charge in [-0.05, 0) is 57.8 Å². The van der Waals surface area contributed by atoms with Crippen LogP contribution in [-0.4, -0.2) is 82.3 Å². The van der Waals surface area contributed by atoms with Crippen LogP contribution in [0.3, 0.4) is 0 Å². The predicted octanol–water partition coefficient (Wildman–Crippen LogP) is 23.7. The molecular weight excluding hydrogens is 1130 g/mol. The van der Waals surface area contributed by atoms with E-state index >= 15 is 0 Å². The van der Waals surface area contributed by atoms with E-state index < -0.39 is 24.3 Å². The number of likely N-dealkylation sites (N-methyl/N-ethyl adjacent to an activating group) is 1. The van der Waals surface area contributed by atoms with Crippen molar-refractivity contribution in [2.24, 2.45) is 0 Å². The van der Waals surface area contributed by atoms with Crippen LogP contribution in [0.1, 0.15) is 386 Å². The molecule has 0 spiro atoms. The number of ether oxygens (including phenoxy) is 4. The number of carbonyl (C=O) groups is 3. The van der Waals surface area contributed by atoms with Gasteiger partial charge < -0.3 is 33.3 Å². The van der Waals surface area contributed by atoms with E-state index in [1.165, 1.54) is 276 Å². The molecule has 9 nitrogen and oxygen atoms in total. The van der Waals surface area contributed by atoms with Crippen LogP contribution in [0.15, 0.2) is 60.8 Å². The fraction of sp³-hybridized carbons (Fsp3) is 0.841. The Kier molecular flexibility index (Phi) is 70.4. The van der Waals surface area contributed by atoms with Crippen LogP contribution in [-0.2, 0) is 33.3 Å². The van der Waals surface area contributed by atoms with Crippen LogP contribution in [0.2, 0.25) is 0 Å². The molecule has 0 aromatic carbocycles.